The molecule has 11 heavy (non-hydrogen) atoms. The van der Waals surface area contributed by atoms with Crippen molar-refractivity contribution in [3.8, 4) is 0 Å². The van der Waals surface area contributed by atoms with Gasteiger partial charge in [0.1, 0.15) is 0 Å². The van der Waals surface area contributed by atoms with Crippen LogP contribution in [0.2, 0.25) is 0 Å². The number of carbonyl (C=O) groups is 1. The van der Waals surface area contributed by atoms with E-state index in [1.807, 2.05) is 0 Å². The van der Waals surface area contributed by atoms with Crippen LogP contribution in [0.5, 0.6) is 0 Å². The predicted molar refractivity (Wildman–Crippen MR) is 40.6 cm³/mol. The molecule has 0 unspecified atom stereocenters. The summed E-state index contributed by atoms with van der Waals surface area (Å²) < 4.78 is 12.5. The Morgan fingerprint density at radius 2 is 2.55 bits per heavy atom. The van der Waals surface area contributed by atoms with Crippen molar-refractivity contribution in [2.45, 2.75) is 12.6 Å². The lowest BCUT2D eigenvalue weighted by Crippen LogP contribution is -2.16. The molecular weight excluding hydrogens is 167 g/mol. The Kier molecular flexibility index (Phi) is 2.59. The van der Waals surface area contributed by atoms with Crippen LogP contribution in [0.3, 0.4) is 0 Å². The Balaban J connectivity index is 2.50. The van der Waals surface area contributed by atoms with E-state index in [2.05, 4.69) is 0 Å². The number of carboxylic acids is 1. The minimum absolute atomic E-state index is 0.0208. The van der Waals surface area contributed by atoms with Crippen LogP contribution in [0.1, 0.15) is 4.88 Å². The maximum absolute atomic E-state index is 12.5. The summed E-state index contributed by atoms with van der Waals surface area (Å²) in [4.78, 5) is 10.8. The van der Waals surface area contributed by atoms with Crippen molar-refractivity contribution in [2.24, 2.45) is 0 Å². The molecule has 0 bridgehead atoms. The number of carboxylic acid groups (broad SMARTS) is 1. The molecule has 1 N–H and O–H groups in total. The number of rotatable bonds is 3. The number of hydrogen-bond acceptors (Lipinski definition) is 2. The number of alkyl halides is 1. The van der Waals surface area contributed by atoms with E-state index in [0.29, 0.717) is 0 Å². The monoisotopic (exact) mass is 174 g/mol. The molecule has 0 fully saturated rings. The van der Waals surface area contributed by atoms with E-state index in [1.54, 1.807) is 17.5 Å². The Morgan fingerprint density at radius 3 is 3.00 bits per heavy atom. The number of aliphatic carboxylic acids is 1. The molecule has 0 spiro atoms. The highest BCUT2D eigenvalue weighted by Gasteiger charge is 2.16. The molecule has 1 atom stereocenters. The van der Waals surface area contributed by atoms with Gasteiger partial charge < -0.3 is 5.11 Å². The number of halogens is 1. The van der Waals surface area contributed by atoms with Crippen LogP contribution in [-0.4, -0.2) is 17.2 Å². The first kappa shape index (κ1) is 8.20. The lowest BCUT2D eigenvalue weighted by atomic mass is 10.2. The van der Waals surface area contributed by atoms with Gasteiger partial charge in [0.05, 0.1) is 0 Å². The SMILES string of the molecule is O=C(O)[C@H](F)Cc1cccs1. The van der Waals surface area contributed by atoms with E-state index >= 15 is 0 Å². The van der Waals surface area contributed by atoms with Crippen molar-refractivity contribution in [1.82, 2.24) is 0 Å². The summed E-state index contributed by atoms with van der Waals surface area (Å²) in [5.74, 6) is -1.39. The first-order valence-electron chi connectivity index (χ1n) is 3.09. The third-order valence-corrected chi connectivity index (χ3v) is 2.13. The van der Waals surface area contributed by atoms with Crippen LogP contribution in [-0.2, 0) is 11.2 Å². The quantitative estimate of drug-likeness (QED) is 0.757. The third-order valence-electron chi connectivity index (χ3n) is 1.23. The van der Waals surface area contributed by atoms with Crippen molar-refractivity contribution < 1.29 is 14.3 Å². The highest BCUT2D eigenvalue weighted by atomic mass is 32.1. The highest BCUT2D eigenvalue weighted by molar-refractivity contribution is 7.09. The molecule has 1 aromatic rings. The fraction of sp³-hybridized carbons (Fsp3) is 0.286. The van der Waals surface area contributed by atoms with E-state index in [9.17, 15) is 9.18 Å². The Hall–Kier alpha value is -0.900. The normalized spacial score (nSPS) is 12.8. The van der Waals surface area contributed by atoms with Crippen molar-refractivity contribution in [3.63, 3.8) is 0 Å². The molecule has 1 heterocycles. The summed E-state index contributed by atoms with van der Waals surface area (Å²) >= 11 is 1.37. The van der Waals surface area contributed by atoms with Gasteiger partial charge in [-0.25, -0.2) is 9.18 Å². The zero-order valence-electron chi connectivity index (χ0n) is 5.66. The fourth-order valence-electron chi connectivity index (χ4n) is 0.693. The molecule has 0 saturated carbocycles. The fourth-order valence-corrected chi connectivity index (χ4v) is 1.42. The molecule has 0 radical (unpaired) electrons. The molecule has 0 aromatic carbocycles. The molecule has 0 aliphatic rings. The minimum atomic E-state index is -1.77. The smallest absolute Gasteiger partial charge is 0.338 e. The average Bonchev–Trinajstić information content (AvgIpc) is 2.39. The molecule has 1 rings (SSSR count). The number of thiophene rings is 1. The van der Waals surface area contributed by atoms with Gasteiger partial charge in [-0.15, -0.1) is 11.3 Å². The van der Waals surface area contributed by atoms with Crippen molar-refractivity contribution in [3.05, 3.63) is 22.4 Å². The maximum Gasteiger partial charge on any atom is 0.338 e. The van der Waals surface area contributed by atoms with Gasteiger partial charge in [-0.1, -0.05) is 6.07 Å². The van der Waals surface area contributed by atoms with Crippen molar-refractivity contribution in [1.29, 1.82) is 0 Å². The first-order valence-corrected chi connectivity index (χ1v) is 3.97. The summed E-state index contributed by atoms with van der Waals surface area (Å²) in [6.45, 7) is 0. The van der Waals surface area contributed by atoms with Crippen LogP contribution in [0, 0.1) is 0 Å². The van der Waals surface area contributed by atoms with Crippen LogP contribution in [0.25, 0.3) is 0 Å². The lowest BCUT2D eigenvalue weighted by Gasteiger charge is -1.98. The Bertz CT molecular complexity index is 233. The second kappa shape index (κ2) is 3.48. The zero-order chi connectivity index (χ0) is 8.27. The lowest BCUT2D eigenvalue weighted by molar-refractivity contribution is -0.142. The Morgan fingerprint density at radius 1 is 1.82 bits per heavy atom. The van der Waals surface area contributed by atoms with E-state index < -0.39 is 12.1 Å². The summed E-state index contributed by atoms with van der Waals surface area (Å²) in [5, 5.41) is 10.0. The molecule has 4 heteroatoms. The number of hydrogen-bond donors (Lipinski definition) is 1. The van der Waals surface area contributed by atoms with E-state index in [1.165, 1.54) is 11.3 Å². The first-order chi connectivity index (χ1) is 5.20. The van der Waals surface area contributed by atoms with Crippen molar-refractivity contribution in [2.75, 3.05) is 0 Å². The second-order valence-corrected chi connectivity index (χ2v) is 3.12. The minimum Gasteiger partial charge on any atom is -0.479 e. The highest BCUT2D eigenvalue weighted by Crippen LogP contribution is 2.12. The van der Waals surface area contributed by atoms with Crippen LogP contribution >= 0.6 is 11.3 Å². The summed E-state index contributed by atoms with van der Waals surface area (Å²) in [5.41, 5.74) is 0. The summed E-state index contributed by atoms with van der Waals surface area (Å²) in [6.07, 6.45) is -1.79. The summed E-state index contributed by atoms with van der Waals surface area (Å²) in [6, 6.07) is 3.49. The van der Waals surface area contributed by atoms with E-state index in [-0.39, 0.29) is 6.42 Å². The van der Waals surface area contributed by atoms with Crippen LogP contribution < -0.4 is 0 Å². The molecule has 60 valence electrons. The van der Waals surface area contributed by atoms with Gasteiger partial charge in [0.2, 0.25) is 6.17 Å². The molecule has 1 aromatic heterocycles. The third kappa shape index (κ3) is 2.31. The van der Waals surface area contributed by atoms with Crippen molar-refractivity contribution >= 4 is 17.3 Å². The zero-order valence-corrected chi connectivity index (χ0v) is 6.47. The van der Waals surface area contributed by atoms with E-state index in [0.717, 1.165) is 4.88 Å². The van der Waals surface area contributed by atoms with E-state index in [4.69, 9.17) is 5.11 Å². The van der Waals surface area contributed by atoms with Gasteiger partial charge in [0.15, 0.2) is 0 Å². The van der Waals surface area contributed by atoms with Crippen LogP contribution in [0.4, 0.5) is 4.39 Å². The molecule has 0 saturated heterocycles. The standard InChI is InChI=1S/C7H7FO2S/c8-6(7(9)10)4-5-2-1-3-11-5/h1-3,6H,4H2,(H,9,10)/t6-/m1/s1. The summed E-state index contributed by atoms with van der Waals surface area (Å²) in [7, 11) is 0. The molecule has 0 aliphatic heterocycles. The van der Waals surface area contributed by atoms with Gasteiger partial charge in [0.25, 0.3) is 0 Å². The van der Waals surface area contributed by atoms with Gasteiger partial charge in [-0.2, -0.15) is 0 Å². The molecule has 2 nitrogen and oxygen atoms in total. The second-order valence-electron chi connectivity index (χ2n) is 2.09. The Labute approximate surface area is 67.3 Å². The van der Waals surface area contributed by atoms with Gasteiger partial charge in [-0.3, -0.25) is 0 Å². The van der Waals surface area contributed by atoms with Gasteiger partial charge in [0, 0.05) is 11.3 Å². The van der Waals surface area contributed by atoms with Crippen LogP contribution in [0.15, 0.2) is 17.5 Å². The van der Waals surface area contributed by atoms with Gasteiger partial charge >= 0.3 is 5.97 Å². The van der Waals surface area contributed by atoms with Gasteiger partial charge in [-0.05, 0) is 11.4 Å². The molecule has 0 aliphatic carbocycles. The molecule has 0 amide bonds. The topological polar surface area (TPSA) is 37.3 Å². The molecular formula is C7H7FO2S. The average molecular weight is 174 g/mol. The largest absolute Gasteiger partial charge is 0.479 e. The predicted octanol–water partition coefficient (Wildman–Crippen LogP) is 1.71. The maximum atomic E-state index is 12.5.